The summed E-state index contributed by atoms with van der Waals surface area (Å²) in [6, 6.07) is 8.51. The Bertz CT molecular complexity index is 743. The maximum atomic E-state index is 12.3. The van der Waals surface area contributed by atoms with Gasteiger partial charge in [0.25, 0.3) is 0 Å². The molecule has 0 radical (unpaired) electrons. The minimum Gasteiger partial charge on any atom is -0.444 e. The standard InChI is InChI=1S/C19H25N3O2/c1-13-11-17(21-20-13)16-6-5-14-7-9-22(10-8-15(14)12-16)18(23)24-19(2,3)4/h5-6,11-12H,7-10H2,1-4H3,(H,20,21). The predicted octanol–water partition coefficient (Wildman–Crippen LogP) is 3.72. The maximum Gasteiger partial charge on any atom is 0.410 e. The number of amides is 1. The summed E-state index contributed by atoms with van der Waals surface area (Å²) in [6.07, 6.45) is 1.47. The predicted molar refractivity (Wildman–Crippen MR) is 94.0 cm³/mol. The van der Waals surface area contributed by atoms with E-state index in [0.29, 0.717) is 13.1 Å². The maximum absolute atomic E-state index is 12.3. The average Bonchev–Trinajstić information content (AvgIpc) is 2.81. The third kappa shape index (κ3) is 3.78. The first-order chi connectivity index (χ1) is 11.3. The topological polar surface area (TPSA) is 58.2 Å². The molecular formula is C19H25N3O2. The minimum atomic E-state index is -0.457. The molecule has 1 amide bonds. The molecule has 0 fully saturated rings. The molecule has 2 aromatic rings. The molecule has 128 valence electrons. The van der Waals surface area contributed by atoms with E-state index in [0.717, 1.165) is 29.8 Å². The second-order valence-electron chi connectivity index (χ2n) is 7.39. The van der Waals surface area contributed by atoms with Crippen LogP contribution in [0.25, 0.3) is 11.3 Å². The summed E-state index contributed by atoms with van der Waals surface area (Å²) in [6.45, 7) is 9.08. The number of carbonyl (C=O) groups is 1. The van der Waals surface area contributed by atoms with Crippen LogP contribution in [0.3, 0.4) is 0 Å². The molecule has 0 saturated carbocycles. The molecule has 0 unspecified atom stereocenters. The van der Waals surface area contributed by atoms with E-state index < -0.39 is 5.60 Å². The Morgan fingerprint density at radius 2 is 1.88 bits per heavy atom. The number of benzene rings is 1. The second kappa shape index (κ2) is 6.30. The van der Waals surface area contributed by atoms with Gasteiger partial charge in [-0.05, 0) is 63.8 Å². The molecule has 0 aliphatic carbocycles. The van der Waals surface area contributed by atoms with Crippen LogP contribution in [0.15, 0.2) is 24.3 Å². The highest BCUT2D eigenvalue weighted by Crippen LogP contribution is 2.24. The van der Waals surface area contributed by atoms with Gasteiger partial charge in [-0.2, -0.15) is 5.10 Å². The molecule has 1 aromatic heterocycles. The molecular weight excluding hydrogens is 302 g/mol. The molecule has 1 aliphatic heterocycles. The zero-order valence-electron chi connectivity index (χ0n) is 14.8. The summed E-state index contributed by atoms with van der Waals surface area (Å²) >= 11 is 0. The summed E-state index contributed by atoms with van der Waals surface area (Å²) in [5.41, 5.74) is 5.26. The largest absolute Gasteiger partial charge is 0.444 e. The molecule has 0 saturated heterocycles. The third-order valence-electron chi connectivity index (χ3n) is 4.16. The summed E-state index contributed by atoms with van der Waals surface area (Å²) < 4.78 is 5.50. The lowest BCUT2D eigenvalue weighted by molar-refractivity contribution is 0.0258. The Hall–Kier alpha value is -2.30. The number of aryl methyl sites for hydroxylation is 1. The number of ether oxygens (including phenoxy) is 1. The van der Waals surface area contributed by atoms with Crippen molar-refractivity contribution in [3.8, 4) is 11.3 Å². The van der Waals surface area contributed by atoms with Crippen molar-refractivity contribution in [3.05, 3.63) is 41.1 Å². The first-order valence-electron chi connectivity index (χ1n) is 8.44. The van der Waals surface area contributed by atoms with Gasteiger partial charge in [-0.1, -0.05) is 12.1 Å². The van der Waals surface area contributed by atoms with E-state index in [-0.39, 0.29) is 6.09 Å². The van der Waals surface area contributed by atoms with Crippen molar-refractivity contribution in [2.45, 2.75) is 46.1 Å². The third-order valence-corrected chi connectivity index (χ3v) is 4.16. The van der Waals surface area contributed by atoms with Gasteiger partial charge >= 0.3 is 6.09 Å². The molecule has 24 heavy (non-hydrogen) atoms. The van der Waals surface area contributed by atoms with Crippen LogP contribution in [-0.2, 0) is 17.6 Å². The van der Waals surface area contributed by atoms with Gasteiger partial charge < -0.3 is 9.64 Å². The fraction of sp³-hybridized carbons (Fsp3) is 0.474. The number of H-pyrrole nitrogens is 1. The Labute approximate surface area is 143 Å². The van der Waals surface area contributed by atoms with Crippen molar-refractivity contribution >= 4 is 6.09 Å². The molecule has 5 heteroatoms. The second-order valence-corrected chi connectivity index (χ2v) is 7.39. The van der Waals surface area contributed by atoms with E-state index in [1.165, 1.54) is 11.1 Å². The number of aromatic nitrogens is 2. The fourth-order valence-electron chi connectivity index (χ4n) is 2.96. The Balaban J connectivity index is 1.75. The number of hydrogen-bond donors (Lipinski definition) is 1. The number of fused-ring (bicyclic) bond motifs is 1. The summed E-state index contributed by atoms with van der Waals surface area (Å²) in [4.78, 5) is 14.1. The SMILES string of the molecule is Cc1cc(-c2ccc3c(c2)CCN(C(=O)OC(C)(C)C)CC3)n[nH]1. The van der Waals surface area contributed by atoms with Crippen LogP contribution in [0.4, 0.5) is 4.79 Å². The Morgan fingerprint density at radius 1 is 1.17 bits per heavy atom. The van der Waals surface area contributed by atoms with E-state index >= 15 is 0 Å². The van der Waals surface area contributed by atoms with Crippen LogP contribution in [0.1, 0.15) is 37.6 Å². The van der Waals surface area contributed by atoms with Crippen molar-refractivity contribution in [1.82, 2.24) is 15.1 Å². The van der Waals surface area contributed by atoms with E-state index in [4.69, 9.17) is 4.74 Å². The molecule has 5 nitrogen and oxygen atoms in total. The zero-order valence-corrected chi connectivity index (χ0v) is 14.8. The van der Waals surface area contributed by atoms with Crippen LogP contribution >= 0.6 is 0 Å². The van der Waals surface area contributed by atoms with Gasteiger partial charge in [0.1, 0.15) is 5.60 Å². The number of nitrogens with one attached hydrogen (secondary N) is 1. The summed E-state index contributed by atoms with van der Waals surface area (Å²) in [5, 5.41) is 7.32. The number of rotatable bonds is 1. The molecule has 0 bridgehead atoms. The van der Waals surface area contributed by atoms with Gasteiger partial charge in [0.15, 0.2) is 0 Å². The molecule has 0 atom stereocenters. The fourth-order valence-corrected chi connectivity index (χ4v) is 2.96. The van der Waals surface area contributed by atoms with Gasteiger partial charge in [0.2, 0.25) is 0 Å². The van der Waals surface area contributed by atoms with Crippen LogP contribution in [0.5, 0.6) is 0 Å². The van der Waals surface area contributed by atoms with E-state index in [1.807, 2.05) is 38.7 Å². The van der Waals surface area contributed by atoms with Crippen molar-refractivity contribution in [1.29, 1.82) is 0 Å². The lowest BCUT2D eigenvalue weighted by Crippen LogP contribution is -2.38. The quantitative estimate of drug-likeness (QED) is 0.868. The molecule has 1 aliphatic rings. The molecule has 1 aromatic carbocycles. The lowest BCUT2D eigenvalue weighted by Gasteiger charge is -2.26. The normalized spacial score (nSPS) is 14.9. The lowest BCUT2D eigenvalue weighted by atomic mass is 9.99. The van der Waals surface area contributed by atoms with Crippen molar-refractivity contribution in [2.24, 2.45) is 0 Å². The van der Waals surface area contributed by atoms with Gasteiger partial charge in [0, 0.05) is 24.3 Å². The molecule has 1 N–H and O–H groups in total. The molecule has 0 spiro atoms. The number of aromatic amines is 1. The van der Waals surface area contributed by atoms with E-state index in [9.17, 15) is 4.79 Å². The monoisotopic (exact) mass is 327 g/mol. The number of carbonyl (C=O) groups excluding carboxylic acids is 1. The van der Waals surface area contributed by atoms with Crippen LogP contribution in [-0.4, -0.2) is 39.9 Å². The highest BCUT2D eigenvalue weighted by atomic mass is 16.6. The molecule has 2 heterocycles. The van der Waals surface area contributed by atoms with Crippen molar-refractivity contribution < 1.29 is 9.53 Å². The first-order valence-corrected chi connectivity index (χ1v) is 8.44. The Kier molecular flexibility index (Phi) is 4.35. The van der Waals surface area contributed by atoms with Gasteiger partial charge in [-0.3, -0.25) is 5.10 Å². The van der Waals surface area contributed by atoms with Crippen molar-refractivity contribution in [3.63, 3.8) is 0 Å². The highest BCUT2D eigenvalue weighted by molar-refractivity contribution is 5.68. The zero-order chi connectivity index (χ0) is 17.3. The number of nitrogens with zero attached hydrogens (tertiary/aromatic N) is 2. The number of hydrogen-bond acceptors (Lipinski definition) is 3. The first kappa shape index (κ1) is 16.6. The van der Waals surface area contributed by atoms with Crippen LogP contribution < -0.4 is 0 Å². The Morgan fingerprint density at radius 3 is 2.50 bits per heavy atom. The summed E-state index contributed by atoms with van der Waals surface area (Å²) in [5.74, 6) is 0. The van der Waals surface area contributed by atoms with Gasteiger partial charge in [-0.15, -0.1) is 0 Å². The van der Waals surface area contributed by atoms with Gasteiger partial charge in [0.05, 0.1) is 5.69 Å². The highest BCUT2D eigenvalue weighted by Gasteiger charge is 2.24. The molecule has 3 rings (SSSR count). The van der Waals surface area contributed by atoms with Gasteiger partial charge in [-0.25, -0.2) is 4.79 Å². The summed E-state index contributed by atoms with van der Waals surface area (Å²) in [7, 11) is 0. The van der Waals surface area contributed by atoms with E-state index in [1.54, 1.807) is 0 Å². The minimum absolute atomic E-state index is 0.224. The average molecular weight is 327 g/mol. The van der Waals surface area contributed by atoms with Crippen molar-refractivity contribution in [2.75, 3.05) is 13.1 Å². The van der Waals surface area contributed by atoms with Crippen LogP contribution in [0.2, 0.25) is 0 Å². The smallest absolute Gasteiger partial charge is 0.410 e. The van der Waals surface area contributed by atoms with Crippen LogP contribution in [0, 0.1) is 6.92 Å². The van der Waals surface area contributed by atoms with E-state index in [2.05, 4.69) is 28.4 Å².